The number of benzene rings is 2. The van der Waals surface area contributed by atoms with Gasteiger partial charge in [0.05, 0.1) is 22.9 Å². The highest BCUT2D eigenvalue weighted by atomic mass is 79.9. The van der Waals surface area contributed by atoms with Crippen molar-refractivity contribution < 1.29 is 0 Å². The molecule has 2 nitrogen and oxygen atoms in total. The Morgan fingerprint density at radius 2 is 1.58 bits per heavy atom. The predicted molar refractivity (Wildman–Crippen MR) is 82.6 cm³/mol. The highest BCUT2D eigenvalue weighted by Gasteiger charge is 1.96. The second-order valence-corrected chi connectivity index (χ2v) is 5.08. The van der Waals surface area contributed by atoms with Crippen LogP contribution in [0.2, 0.25) is 0 Å². The van der Waals surface area contributed by atoms with Crippen molar-refractivity contribution in [2.75, 3.05) is 0 Å². The van der Waals surface area contributed by atoms with Crippen molar-refractivity contribution in [3.8, 4) is 0 Å². The van der Waals surface area contributed by atoms with Crippen LogP contribution in [0, 0.1) is 0 Å². The zero-order valence-electron chi connectivity index (χ0n) is 10.1. The molecule has 0 unspecified atom stereocenters. The average Bonchev–Trinajstić information content (AvgIpc) is 2.46. The van der Waals surface area contributed by atoms with E-state index in [2.05, 4.69) is 38.0 Å². The van der Waals surface area contributed by atoms with Crippen LogP contribution in [0.3, 0.4) is 0 Å². The van der Waals surface area contributed by atoms with Gasteiger partial charge in [-0.1, -0.05) is 46.3 Å². The molecule has 0 radical (unpaired) electrons. The standard InChI is InChI=1S/C16H11BrN2/c17-13-8-5-12(6-9-13)7-10-14-11-18-15-3-1-2-4-16(15)19-14/h1-11H. The fourth-order valence-corrected chi connectivity index (χ4v) is 2.07. The molecule has 0 aliphatic rings. The lowest BCUT2D eigenvalue weighted by molar-refractivity contribution is 1.27. The summed E-state index contributed by atoms with van der Waals surface area (Å²) in [6.45, 7) is 0. The average molecular weight is 311 g/mol. The van der Waals surface area contributed by atoms with E-state index in [0.29, 0.717) is 0 Å². The molecule has 0 bridgehead atoms. The van der Waals surface area contributed by atoms with Gasteiger partial charge in [-0.2, -0.15) is 0 Å². The van der Waals surface area contributed by atoms with Gasteiger partial charge in [0.2, 0.25) is 0 Å². The first-order valence-electron chi connectivity index (χ1n) is 5.97. The molecule has 1 heterocycles. The minimum Gasteiger partial charge on any atom is -0.252 e. The van der Waals surface area contributed by atoms with E-state index in [9.17, 15) is 0 Å². The number of aromatic nitrogens is 2. The maximum absolute atomic E-state index is 4.55. The summed E-state index contributed by atoms with van der Waals surface area (Å²) in [5, 5.41) is 0. The first-order chi connectivity index (χ1) is 9.31. The van der Waals surface area contributed by atoms with Gasteiger partial charge >= 0.3 is 0 Å². The van der Waals surface area contributed by atoms with Crippen LogP contribution in [-0.4, -0.2) is 9.97 Å². The van der Waals surface area contributed by atoms with E-state index in [1.165, 1.54) is 0 Å². The first kappa shape index (κ1) is 12.1. The number of halogens is 1. The normalized spacial score (nSPS) is 11.2. The second-order valence-electron chi connectivity index (χ2n) is 4.17. The Kier molecular flexibility index (Phi) is 3.38. The molecule has 0 aliphatic heterocycles. The van der Waals surface area contributed by atoms with Crippen LogP contribution in [0.15, 0.2) is 59.2 Å². The third-order valence-electron chi connectivity index (χ3n) is 2.78. The minimum absolute atomic E-state index is 0.863. The van der Waals surface area contributed by atoms with Crippen LogP contribution in [0.4, 0.5) is 0 Å². The van der Waals surface area contributed by atoms with Crippen molar-refractivity contribution in [2.45, 2.75) is 0 Å². The fraction of sp³-hybridized carbons (Fsp3) is 0. The molecule has 92 valence electrons. The number of hydrogen-bond acceptors (Lipinski definition) is 2. The fourth-order valence-electron chi connectivity index (χ4n) is 1.81. The molecule has 0 aliphatic carbocycles. The molecule has 1 aromatic heterocycles. The lowest BCUT2D eigenvalue weighted by Crippen LogP contribution is -1.86. The highest BCUT2D eigenvalue weighted by molar-refractivity contribution is 9.10. The van der Waals surface area contributed by atoms with E-state index in [0.717, 1.165) is 26.8 Å². The molecular formula is C16H11BrN2. The topological polar surface area (TPSA) is 25.8 Å². The molecule has 0 amide bonds. The van der Waals surface area contributed by atoms with Crippen LogP contribution in [0.25, 0.3) is 23.2 Å². The van der Waals surface area contributed by atoms with E-state index >= 15 is 0 Å². The van der Waals surface area contributed by atoms with Gasteiger partial charge in [0, 0.05) is 4.47 Å². The molecule has 2 aromatic carbocycles. The Morgan fingerprint density at radius 3 is 2.37 bits per heavy atom. The van der Waals surface area contributed by atoms with Crippen molar-refractivity contribution in [1.82, 2.24) is 9.97 Å². The van der Waals surface area contributed by atoms with Gasteiger partial charge in [-0.3, -0.25) is 4.98 Å². The summed E-state index contributed by atoms with van der Waals surface area (Å²) in [5.41, 5.74) is 3.84. The molecule has 0 saturated carbocycles. The SMILES string of the molecule is Brc1ccc(C=Cc2cnc3ccccc3n2)cc1. The minimum atomic E-state index is 0.863. The summed E-state index contributed by atoms with van der Waals surface area (Å²) in [5.74, 6) is 0. The Bertz CT molecular complexity index is 733. The molecule has 0 fully saturated rings. The molecule has 3 heteroatoms. The summed E-state index contributed by atoms with van der Waals surface area (Å²) in [4.78, 5) is 8.94. The van der Waals surface area contributed by atoms with Crippen molar-refractivity contribution in [2.24, 2.45) is 0 Å². The van der Waals surface area contributed by atoms with Crippen molar-refractivity contribution in [3.63, 3.8) is 0 Å². The maximum atomic E-state index is 4.55. The Balaban J connectivity index is 1.90. The third kappa shape index (κ3) is 2.88. The number of para-hydroxylation sites is 2. The predicted octanol–water partition coefficient (Wildman–Crippen LogP) is 4.56. The van der Waals surface area contributed by atoms with Crippen molar-refractivity contribution in [1.29, 1.82) is 0 Å². The van der Waals surface area contributed by atoms with Gasteiger partial charge in [-0.05, 0) is 35.9 Å². The van der Waals surface area contributed by atoms with Crippen molar-refractivity contribution >= 4 is 39.1 Å². The van der Waals surface area contributed by atoms with E-state index in [4.69, 9.17) is 0 Å². The number of nitrogens with zero attached hydrogens (tertiary/aromatic N) is 2. The van der Waals surface area contributed by atoms with E-state index in [1.54, 1.807) is 6.20 Å². The largest absolute Gasteiger partial charge is 0.252 e. The number of rotatable bonds is 2. The Labute approximate surface area is 120 Å². The molecular weight excluding hydrogens is 300 g/mol. The van der Waals surface area contributed by atoms with Crippen molar-refractivity contribution in [3.05, 3.63) is 70.5 Å². The summed E-state index contributed by atoms with van der Waals surface area (Å²) in [6, 6.07) is 16.0. The van der Waals surface area contributed by atoms with Gasteiger partial charge in [-0.25, -0.2) is 4.98 Å². The summed E-state index contributed by atoms with van der Waals surface area (Å²) in [7, 11) is 0. The van der Waals surface area contributed by atoms with E-state index in [1.807, 2.05) is 48.6 Å². The molecule has 19 heavy (non-hydrogen) atoms. The van der Waals surface area contributed by atoms with Crippen LogP contribution >= 0.6 is 15.9 Å². The van der Waals surface area contributed by atoms with Gasteiger partial charge in [0.25, 0.3) is 0 Å². The lowest BCUT2D eigenvalue weighted by atomic mass is 10.2. The van der Waals surface area contributed by atoms with Gasteiger partial charge in [0.1, 0.15) is 0 Å². The van der Waals surface area contributed by atoms with Crippen LogP contribution in [-0.2, 0) is 0 Å². The quantitative estimate of drug-likeness (QED) is 0.693. The zero-order valence-corrected chi connectivity index (χ0v) is 11.7. The molecule has 0 N–H and O–H groups in total. The number of fused-ring (bicyclic) bond motifs is 1. The van der Waals surface area contributed by atoms with E-state index < -0.39 is 0 Å². The van der Waals surface area contributed by atoms with E-state index in [-0.39, 0.29) is 0 Å². The summed E-state index contributed by atoms with van der Waals surface area (Å²) < 4.78 is 1.08. The molecule has 3 rings (SSSR count). The Morgan fingerprint density at radius 1 is 0.842 bits per heavy atom. The van der Waals surface area contributed by atoms with Crippen LogP contribution in [0.5, 0.6) is 0 Å². The second kappa shape index (κ2) is 5.33. The third-order valence-corrected chi connectivity index (χ3v) is 3.31. The summed E-state index contributed by atoms with van der Waals surface area (Å²) in [6.07, 6.45) is 5.80. The van der Waals surface area contributed by atoms with Gasteiger partial charge < -0.3 is 0 Å². The molecule has 0 spiro atoms. The van der Waals surface area contributed by atoms with Gasteiger partial charge in [-0.15, -0.1) is 0 Å². The smallest absolute Gasteiger partial charge is 0.0894 e. The van der Waals surface area contributed by atoms with Crippen LogP contribution < -0.4 is 0 Å². The number of hydrogen-bond donors (Lipinski definition) is 0. The maximum Gasteiger partial charge on any atom is 0.0894 e. The Hall–Kier alpha value is -2.00. The highest BCUT2D eigenvalue weighted by Crippen LogP contribution is 2.14. The zero-order chi connectivity index (χ0) is 13.1. The molecule has 0 atom stereocenters. The molecule has 3 aromatic rings. The molecule has 0 saturated heterocycles. The first-order valence-corrected chi connectivity index (χ1v) is 6.76. The van der Waals surface area contributed by atoms with Gasteiger partial charge in [0.15, 0.2) is 0 Å². The van der Waals surface area contributed by atoms with Crippen LogP contribution in [0.1, 0.15) is 11.3 Å². The summed E-state index contributed by atoms with van der Waals surface area (Å²) >= 11 is 3.42. The lowest BCUT2D eigenvalue weighted by Gasteiger charge is -1.98. The monoisotopic (exact) mass is 310 g/mol.